The van der Waals surface area contributed by atoms with Crippen molar-refractivity contribution in [3.05, 3.63) is 0 Å². The molecule has 0 aromatic carbocycles. The fourth-order valence-corrected chi connectivity index (χ4v) is 8.27. The van der Waals surface area contributed by atoms with Crippen LogP contribution in [0.5, 0.6) is 0 Å². The van der Waals surface area contributed by atoms with Gasteiger partial charge < -0.3 is 38.1 Å². The van der Waals surface area contributed by atoms with Gasteiger partial charge in [0.25, 0.3) is 0 Å². The topological polar surface area (TPSA) is 187 Å². The third-order valence-corrected chi connectivity index (χ3v) is 13.4. The Morgan fingerprint density at radius 3 is 0.865 bits per heavy atom. The summed E-state index contributed by atoms with van der Waals surface area (Å²) in [5, 5.41) is 0. The highest BCUT2D eigenvalue weighted by atomic mass is 16.6. The van der Waals surface area contributed by atoms with Crippen LogP contribution < -0.4 is 0 Å². The number of rotatable bonds is 43. The van der Waals surface area contributed by atoms with Crippen molar-refractivity contribution in [2.24, 2.45) is 32.5 Å². The van der Waals surface area contributed by atoms with Crippen LogP contribution in [0.15, 0.2) is 0 Å². The second-order valence-corrected chi connectivity index (χ2v) is 25.5. The standard InChI is InChI=1S/C59H107NO14/c1-17-21-31-54(5,6)36-50(64)70-42-58(13,43-71-51(65)37-55(7,8)32-22-18-2)40-68-47(61)29-27-46(74-49(63)26-25-35-60(15)16)28-30-48(62)69-41-59(14,44-72-52(66)38-56(9,10)33-23-19-3)45-73-53(67)39-57(11,12)34-24-20-4/h46H,17-45H2,1-16H3. The summed E-state index contributed by atoms with van der Waals surface area (Å²) in [7, 11) is 3.80. The van der Waals surface area contributed by atoms with Crippen molar-refractivity contribution in [2.75, 3.05) is 60.3 Å². The highest BCUT2D eigenvalue weighted by Crippen LogP contribution is 2.33. The Morgan fingerprint density at radius 2 is 0.622 bits per heavy atom. The highest BCUT2D eigenvalue weighted by Gasteiger charge is 2.35. The summed E-state index contributed by atoms with van der Waals surface area (Å²) < 4.78 is 40.4. The molecule has 0 aromatic heterocycles. The molecule has 15 heteroatoms. The van der Waals surface area contributed by atoms with E-state index in [-0.39, 0.29) is 119 Å². The van der Waals surface area contributed by atoms with Gasteiger partial charge in [-0.15, -0.1) is 0 Å². The number of esters is 7. The lowest BCUT2D eigenvalue weighted by atomic mass is 9.84. The van der Waals surface area contributed by atoms with Crippen molar-refractivity contribution in [1.29, 1.82) is 0 Å². The average molecular weight is 1050 g/mol. The summed E-state index contributed by atoms with van der Waals surface area (Å²) in [6, 6.07) is 0. The fourth-order valence-electron chi connectivity index (χ4n) is 8.27. The van der Waals surface area contributed by atoms with Gasteiger partial charge in [-0.25, -0.2) is 0 Å². The molecular formula is C59H107NO14. The molecule has 0 rings (SSSR count). The maximum absolute atomic E-state index is 13.4. The normalized spacial score (nSPS) is 12.6. The maximum atomic E-state index is 13.4. The molecule has 0 atom stereocenters. The second kappa shape index (κ2) is 35.6. The molecule has 0 aliphatic heterocycles. The minimum absolute atomic E-state index is 0.0404. The first-order valence-electron chi connectivity index (χ1n) is 28.1. The van der Waals surface area contributed by atoms with E-state index in [9.17, 15) is 33.6 Å². The molecule has 74 heavy (non-hydrogen) atoms. The van der Waals surface area contributed by atoms with Crippen LogP contribution in [0, 0.1) is 32.5 Å². The lowest BCUT2D eigenvalue weighted by Gasteiger charge is -2.30. The van der Waals surface area contributed by atoms with E-state index < -0.39 is 58.7 Å². The van der Waals surface area contributed by atoms with Crippen molar-refractivity contribution < 1.29 is 66.7 Å². The van der Waals surface area contributed by atoms with E-state index in [4.69, 9.17) is 33.2 Å². The van der Waals surface area contributed by atoms with Crippen LogP contribution in [-0.4, -0.2) is 113 Å². The fraction of sp³-hybridized carbons (Fsp3) is 0.881. The van der Waals surface area contributed by atoms with Gasteiger partial charge in [0.05, 0.1) is 36.5 Å². The molecule has 0 amide bonds. The van der Waals surface area contributed by atoms with Crippen molar-refractivity contribution in [3.8, 4) is 0 Å². The van der Waals surface area contributed by atoms with Crippen LogP contribution in [0.2, 0.25) is 0 Å². The summed E-state index contributed by atoms with van der Waals surface area (Å²) in [6.45, 7) is 27.7. The van der Waals surface area contributed by atoms with Crippen molar-refractivity contribution in [3.63, 3.8) is 0 Å². The Balaban J connectivity index is 6.14. The van der Waals surface area contributed by atoms with E-state index in [1.165, 1.54) is 0 Å². The Morgan fingerprint density at radius 1 is 0.365 bits per heavy atom. The quantitative estimate of drug-likeness (QED) is 0.0414. The lowest BCUT2D eigenvalue weighted by molar-refractivity contribution is -0.164. The summed E-state index contributed by atoms with van der Waals surface area (Å²) in [5.41, 5.74) is -3.19. The van der Waals surface area contributed by atoms with Crippen molar-refractivity contribution >= 4 is 41.8 Å². The average Bonchev–Trinajstić information content (AvgIpc) is 3.30. The summed E-state index contributed by atoms with van der Waals surface area (Å²) in [4.78, 5) is 94.3. The molecule has 0 heterocycles. The van der Waals surface area contributed by atoms with E-state index >= 15 is 0 Å². The Bertz CT molecular complexity index is 1480. The lowest BCUT2D eigenvalue weighted by Crippen LogP contribution is -2.38. The van der Waals surface area contributed by atoms with E-state index in [2.05, 4.69) is 27.7 Å². The maximum Gasteiger partial charge on any atom is 0.306 e. The van der Waals surface area contributed by atoms with Crippen LogP contribution >= 0.6 is 0 Å². The third-order valence-electron chi connectivity index (χ3n) is 13.4. The molecule has 0 N–H and O–H groups in total. The molecule has 0 unspecified atom stereocenters. The van der Waals surface area contributed by atoms with Gasteiger partial charge in [-0.05, 0) is 101 Å². The Kier molecular flexibility index (Phi) is 33.8. The molecule has 0 aliphatic carbocycles. The molecule has 0 aliphatic rings. The van der Waals surface area contributed by atoms with Crippen LogP contribution in [0.4, 0.5) is 0 Å². The first-order valence-corrected chi connectivity index (χ1v) is 28.1. The minimum atomic E-state index is -1.06. The van der Waals surface area contributed by atoms with Crippen LogP contribution in [0.1, 0.15) is 238 Å². The van der Waals surface area contributed by atoms with E-state index in [0.717, 1.165) is 77.0 Å². The molecule has 0 saturated carbocycles. The highest BCUT2D eigenvalue weighted by molar-refractivity contribution is 5.73. The summed E-state index contributed by atoms with van der Waals surface area (Å²) in [5.74, 6) is -3.28. The predicted molar refractivity (Wildman–Crippen MR) is 290 cm³/mol. The van der Waals surface area contributed by atoms with Crippen LogP contribution in [-0.2, 0) is 66.7 Å². The van der Waals surface area contributed by atoms with E-state index in [1.54, 1.807) is 13.8 Å². The number of unbranched alkanes of at least 4 members (excludes halogenated alkanes) is 4. The number of hydrogen-bond donors (Lipinski definition) is 0. The largest absolute Gasteiger partial charge is 0.465 e. The van der Waals surface area contributed by atoms with Gasteiger partial charge in [0.2, 0.25) is 0 Å². The molecule has 0 spiro atoms. The molecule has 432 valence electrons. The van der Waals surface area contributed by atoms with E-state index in [1.807, 2.05) is 74.4 Å². The molecular weight excluding hydrogens is 947 g/mol. The van der Waals surface area contributed by atoms with Crippen LogP contribution in [0.3, 0.4) is 0 Å². The first-order chi connectivity index (χ1) is 34.3. The van der Waals surface area contributed by atoms with E-state index in [0.29, 0.717) is 13.0 Å². The van der Waals surface area contributed by atoms with Gasteiger partial charge in [-0.2, -0.15) is 0 Å². The monoisotopic (exact) mass is 1050 g/mol. The van der Waals surface area contributed by atoms with Gasteiger partial charge in [-0.1, -0.05) is 134 Å². The predicted octanol–water partition coefficient (Wildman–Crippen LogP) is 12.5. The summed E-state index contributed by atoms with van der Waals surface area (Å²) in [6.07, 6.45) is 11.8. The zero-order valence-corrected chi connectivity index (χ0v) is 49.7. The van der Waals surface area contributed by atoms with Gasteiger partial charge in [0.1, 0.15) is 45.7 Å². The molecule has 0 saturated heterocycles. The van der Waals surface area contributed by atoms with Gasteiger partial charge >= 0.3 is 41.8 Å². The van der Waals surface area contributed by atoms with Crippen LogP contribution in [0.25, 0.3) is 0 Å². The van der Waals surface area contributed by atoms with Gasteiger partial charge in [-0.3, -0.25) is 33.6 Å². The van der Waals surface area contributed by atoms with Crippen molar-refractivity contribution in [1.82, 2.24) is 4.90 Å². The number of ether oxygens (including phenoxy) is 7. The zero-order chi connectivity index (χ0) is 56.7. The minimum Gasteiger partial charge on any atom is -0.465 e. The van der Waals surface area contributed by atoms with Crippen molar-refractivity contribution in [2.45, 2.75) is 244 Å². The third kappa shape index (κ3) is 36.3. The molecule has 0 radical (unpaired) electrons. The first kappa shape index (κ1) is 70.2. The number of carbonyl (C=O) groups excluding carboxylic acids is 7. The number of nitrogens with zero attached hydrogens (tertiary/aromatic N) is 1. The Hall–Kier alpha value is -3.75. The molecule has 0 fully saturated rings. The molecule has 0 aromatic rings. The number of hydrogen-bond acceptors (Lipinski definition) is 15. The number of carbonyl (C=O) groups is 7. The SMILES string of the molecule is CCCCC(C)(C)CC(=O)OCC(C)(COC(=O)CCC(CCC(=O)OCC(C)(COC(=O)CC(C)(C)CCCC)COC(=O)CC(C)(C)CCCC)OC(=O)CCCN(C)C)COC(=O)CC(C)(C)CCCC. The summed E-state index contributed by atoms with van der Waals surface area (Å²) >= 11 is 0. The zero-order valence-electron chi connectivity index (χ0n) is 49.7. The van der Waals surface area contributed by atoms with Gasteiger partial charge in [0.15, 0.2) is 0 Å². The second-order valence-electron chi connectivity index (χ2n) is 25.5. The Labute approximate surface area is 449 Å². The molecule has 15 nitrogen and oxygen atoms in total. The van der Waals surface area contributed by atoms with Gasteiger partial charge in [0, 0.05) is 19.3 Å². The smallest absolute Gasteiger partial charge is 0.306 e. The molecule has 0 bridgehead atoms.